The van der Waals surface area contributed by atoms with Gasteiger partial charge in [-0.15, -0.1) is 0 Å². The molecule has 2 aromatic carbocycles. The van der Waals surface area contributed by atoms with Gasteiger partial charge in [0.05, 0.1) is 15.8 Å². The molecule has 8 nitrogen and oxygen atoms in total. The number of rotatable bonds is 7. The first-order valence-corrected chi connectivity index (χ1v) is 11.8. The second-order valence-electron chi connectivity index (χ2n) is 7.57. The van der Waals surface area contributed by atoms with Crippen LogP contribution in [0.3, 0.4) is 0 Å². The Hall–Kier alpha value is -3.04. The first kappa shape index (κ1) is 21.2. The smallest absolute Gasteiger partial charge is 0.258 e. The molecule has 1 aromatic heterocycles. The highest BCUT2D eigenvalue weighted by atomic mass is 32.2. The number of carbonyl (C=O) groups is 1. The number of sulfonamides is 1. The van der Waals surface area contributed by atoms with E-state index < -0.39 is 10.0 Å². The van der Waals surface area contributed by atoms with E-state index in [1.165, 1.54) is 10.4 Å². The standard InChI is InChI=1S/C22H24N4O4S/c27-21(12-6-11-20-24-19-10-2-1-9-18(19)22(28)25-20)23-16-7-5-8-17(15-16)31(29,30)26-13-3-4-14-26/h1-2,5,7-10,15H,3-4,6,11-14H2,(H,23,27)(H,24,25,28). The first-order chi connectivity index (χ1) is 14.9. The van der Waals surface area contributed by atoms with Crippen LogP contribution in [0.2, 0.25) is 0 Å². The van der Waals surface area contributed by atoms with Gasteiger partial charge >= 0.3 is 0 Å². The average Bonchev–Trinajstić information content (AvgIpc) is 3.30. The molecular formula is C22H24N4O4S. The van der Waals surface area contributed by atoms with Crippen LogP contribution in [-0.4, -0.2) is 41.7 Å². The number of carbonyl (C=O) groups excluding carboxylic acids is 1. The summed E-state index contributed by atoms with van der Waals surface area (Å²) < 4.78 is 26.9. The normalized spacial score (nSPS) is 14.7. The van der Waals surface area contributed by atoms with E-state index in [-0.39, 0.29) is 22.8 Å². The van der Waals surface area contributed by atoms with Crippen LogP contribution in [0.15, 0.2) is 58.2 Å². The maximum absolute atomic E-state index is 12.7. The number of hydrogen-bond donors (Lipinski definition) is 2. The highest BCUT2D eigenvalue weighted by Crippen LogP contribution is 2.23. The van der Waals surface area contributed by atoms with Crippen molar-refractivity contribution >= 4 is 32.5 Å². The second kappa shape index (κ2) is 8.99. The fourth-order valence-corrected chi connectivity index (χ4v) is 5.27. The van der Waals surface area contributed by atoms with Gasteiger partial charge in [0, 0.05) is 31.6 Å². The fraction of sp³-hybridized carbons (Fsp3) is 0.318. The zero-order valence-electron chi connectivity index (χ0n) is 17.0. The number of nitrogens with one attached hydrogen (secondary N) is 2. The van der Waals surface area contributed by atoms with Gasteiger partial charge in [0.1, 0.15) is 5.82 Å². The number of fused-ring (bicyclic) bond motifs is 1. The summed E-state index contributed by atoms with van der Waals surface area (Å²) in [4.78, 5) is 31.8. The minimum Gasteiger partial charge on any atom is -0.326 e. The number of anilines is 1. The van der Waals surface area contributed by atoms with Crippen molar-refractivity contribution in [3.63, 3.8) is 0 Å². The van der Waals surface area contributed by atoms with Crippen LogP contribution in [0.5, 0.6) is 0 Å². The number of para-hydroxylation sites is 1. The van der Waals surface area contributed by atoms with E-state index in [9.17, 15) is 18.0 Å². The van der Waals surface area contributed by atoms with Gasteiger partial charge in [0.25, 0.3) is 5.56 Å². The maximum Gasteiger partial charge on any atom is 0.258 e. The summed E-state index contributed by atoms with van der Waals surface area (Å²) in [6.07, 6.45) is 2.91. The van der Waals surface area contributed by atoms with Gasteiger partial charge < -0.3 is 10.3 Å². The van der Waals surface area contributed by atoms with Gasteiger partial charge in [-0.05, 0) is 49.6 Å². The highest BCUT2D eigenvalue weighted by molar-refractivity contribution is 7.89. The lowest BCUT2D eigenvalue weighted by Gasteiger charge is -2.16. The van der Waals surface area contributed by atoms with E-state index >= 15 is 0 Å². The molecule has 9 heteroatoms. The van der Waals surface area contributed by atoms with E-state index in [4.69, 9.17) is 0 Å². The van der Waals surface area contributed by atoms with Crippen LogP contribution in [-0.2, 0) is 21.2 Å². The molecular weight excluding hydrogens is 416 g/mol. The largest absolute Gasteiger partial charge is 0.326 e. The topological polar surface area (TPSA) is 112 Å². The molecule has 0 saturated carbocycles. The lowest BCUT2D eigenvalue weighted by Crippen LogP contribution is -2.27. The molecule has 162 valence electrons. The van der Waals surface area contributed by atoms with Crippen LogP contribution >= 0.6 is 0 Å². The van der Waals surface area contributed by atoms with Crippen molar-refractivity contribution < 1.29 is 13.2 Å². The molecule has 0 radical (unpaired) electrons. The summed E-state index contributed by atoms with van der Waals surface area (Å²) in [7, 11) is -3.53. The summed E-state index contributed by atoms with van der Waals surface area (Å²) in [6.45, 7) is 1.06. The molecule has 0 aliphatic carbocycles. The maximum atomic E-state index is 12.7. The highest BCUT2D eigenvalue weighted by Gasteiger charge is 2.27. The van der Waals surface area contributed by atoms with Crippen molar-refractivity contribution in [1.29, 1.82) is 0 Å². The predicted octanol–water partition coefficient (Wildman–Crippen LogP) is 2.67. The minimum atomic E-state index is -3.53. The predicted molar refractivity (Wildman–Crippen MR) is 118 cm³/mol. The molecule has 31 heavy (non-hydrogen) atoms. The summed E-state index contributed by atoms with van der Waals surface area (Å²) in [6, 6.07) is 13.4. The van der Waals surface area contributed by atoms with Gasteiger partial charge in [-0.25, -0.2) is 13.4 Å². The lowest BCUT2D eigenvalue weighted by atomic mass is 10.2. The van der Waals surface area contributed by atoms with Gasteiger partial charge in [0.15, 0.2) is 0 Å². The van der Waals surface area contributed by atoms with Crippen LogP contribution in [0.4, 0.5) is 5.69 Å². The van der Waals surface area contributed by atoms with Gasteiger partial charge in [0.2, 0.25) is 15.9 Å². The number of hydrogen-bond acceptors (Lipinski definition) is 5. The number of H-pyrrole nitrogens is 1. The molecule has 1 aliphatic rings. The molecule has 4 rings (SSSR count). The summed E-state index contributed by atoms with van der Waals surface area (Å²) in [5.74, 6) is 0.314. The monoisotopic (exact) mass is 440 g/mol. The van der Waals surface area contributed by atoms with Crippen molar-refractivity contribution in [3.8, 4) is 0 Å². The van der Waals surface area contributed by atoms with Crippen LogP contribution in [0.25, 0.3) is 10.9 Å². The summed E-state index contributed by atoms with van der Waals surface area (Å²) in [5, 5.41) is 3.29. The lowest BCUT2D eigenvalue weighted by molar-refractivity contribution is -0.116. The molecule has 0 atom stereocenters. The Morgan fingerprint density at radius 3 is 2.68 bits per heavy atom. The third-order valence-electron chi connectivity index (χ3n) is 5.30. The number of aryl methyl sites for hydroxylation is 1. The number of amides is 1. The molecule has 0 bridgehead atoms. The first-order valence-electron chi connectivity index (χ1n) is 10.3. The fourth-order valence-electron chi connectivity index (χ4n) is 3.71. The third kappa shape index (κ3) is 4.83. The van der Waals surface area contributed by atoms with Crippen LogP contribution < -0.4 is 10.9 Å². The van der Waals surface area contributed by atoms with Crippen molar-refractivity contribution in [2.45, 2.75) is 37.0 Å². The van der Waals surface area contributed by atoms with Crippen LogP contribution in [0, 0.1) is 0 Å². The number of benzene rings is 2. The molecule has 2 N–H and O–H groups in total. The van der Waals surface area contributed by atoms with Crippen molar-refractivity contribution in [1.82, 2.24) is 14.3 Å². The Balaban J connectivity index is 1.36. The average molecular weight is 441 g/mol. The van der Waals surface area contributed by atoms with E-state index in [0.29, 0.717) is 48.3 Å². The molecule has 3 aromatic rings. The molecule has 1 aliphatic heterocycles. The van der Waals surface area contributed by atoms with Gasteiger partial charge in [-0.1, -0.05) is 18.2 Å². The van der Waals surface area contributed by atoms with Crippen molar-refractivity contribution in [3.05, 3.63) is 64.7 Å². The van der Waals surface area contributed by atoms with E-state index in [1.807, 2.05) is 6.07 Å². The SMILES string of the molecule is O=C(CCCc1nc2ccccc2c(=O)[nH]1)Nc1cccc(S(=O)(=O)N2CCCC2)c1. The number of aromatic amines is 1. The Bertz CT molecular complexity index is 1260. The van der Waals surface area contributed by atoms with Gasteiger partial charge in [-0.2, -0.15) is 4.31 Å². The number of nitrogens with zero attached hydrogens (tertiary/aromatic N) is 2. The van der Waals surface area contributed by atoms with E-state index in [0.717, 1.165) is 12.8 Å². The molecule has 2 heterocycles. The van der Waals surface area contributed by atoms with Crippen molar-refractivity contribution in [2.75, 3.05) is 18.4 Å². The Labute approximate surface area is 180 Å². The zero-order valence-corrected chi connectivity index (χ0v) is 17.8. The Kier molecular flexibility index (Phi) is 6.15. The minimum absolute atomic E-state index is 0.185. The third-order valence-corrected chi connectivity index (χ3v) is 7.19. The quantitative estimate of drug-likeness (QED) is 0.587. The zero-order chi connectivity index (χ0) is 21.8. The van der Waals surface area contributed by atoms with Gasteiger partial charge in [-0.3, -0.25) is 9.59 Å². The second-order valence-corrected chi connectivity index (χ2v) is 9.51. The molecule has 1 fully saturated rings. The van der Waals surface area contributed by atoms with Crippen LogP contribution in [0.1, 0.15) is 31.5 Å². The Morgan fingerprint density at radius 1 is 1.10 bits per heavy atom. The molecule has 0 unspecified atom stereocenters. The Morgan fingerprint density at radius 2 is 1.87 bits per heavy atom. The van der Waals surface area contributed by atoms with Crippen molar-refractivity contribution in [2.24, 2.45) is 0 Å². The summed E-state index contributed by atoms with van der Waals surface area (Å²) >= 11 is 0. The molecule has 1 amide bonds. The number of aromatic nitrogens is 2. The summed E-state index contributed by atoms with van der Waals surface area (Å²) in [5.41, 5.74) is 0.880. The van der Waals surface area contributed by atoms with E-state index in [2.05, 4.69) is 15.3 Å². The molecule has 0 spiro atoms. The molecule has 1 saturated heterocycles. The van der Waals surface area contributed by atoms with E-state index in [1.54, 1.807) is 36.4 Å².